The van der Waals surface area contributed by atoms with E-state index in [2.05, 4.69) is 26.7 Å². The van der Waals surface area contributed by atoms with Crippen LogP contribution in [-0.4, -0.2) is 29.2 Å². The van der Waals surface area contributed by atoms with Gasteiger partial charge < -0.3 is 25.1 Å². The fourth-order valence-electron chi connectivity index (χ4n) is 3.09. The number of halogens is 3. The van der Waals surface area contributed by atoms with E-state index in [0.29, 0.717) is 41.9 Å². The second-order valence-electron chi connectivity index (χ2n) is 6.65. The third-order valence-corrected chi connectivity index (χ3v) is 4.15. The van der Waals surface area contributed by atoms with Crippen LogP contribution in [0.15, 0.2) is 24.4 Å². The van der Waals surface area contributed by atoms with Crippen LogP contribution >= 0.6 is 0 Å². The smallest absolute Gasteiger partial charge is 0.418 e. The van der Waals surface area contributed by atoms with Gasteiger partial charge in [0.15, 0.2) is 11.5 Å². The molecule has 9 heteroatoms. The maximum Gasteiger partial charge on any atom is 0.418 e. The minimum Gasteiger partial charge on any atom is -0.485 e. The molecule has 2 aromatic heterocycles. The molecule has 1 aromatic carbocycles. The predicted octanol–water partition coefficient (Wildman–Crippen LogP) is 4.72. The molecular weight excluding hydrogens is 373 g/mol. The topological polar surface area (TPSA) is 71.2 Å². The molecular formula is C19H18F3N4O2. The van der Waals surface area contributed by atoms with Crippen molar-refractivity contribution < 1.29 is 22.6 Å². The molecule has 147 valence electrons. The standard InChI is InChI=1S/C19H18F3N4O2/c1-10(2)24-13-8-15(26-18-16(13)11(9-23-18)19(20,21)22)25-12-4-3-5-14-17(12)28-7-6-27-14/h3-4,8-10H,6-7H2,1-2H3,(H3,23,24,25,26). The minimum atomic E-state index is -4.48. The Hall–Kier alpha value is -3.10. The van der Waals surface area contributed by atoms with Gasteiger partial charge in [0.05, 0.1) is 16.6 Å². The molecule has 0 aliphatic carbocycles. The van der Waals surface area contributed by atoms with Crippen LogP contribution in [0.25, 0.3) is 11.0 Å². The van der Waals surface area contributed by atoms with Crippen molar-refractivity contribution >= 4 is 28.2 Å². The average Bonchev–Trinajstić information content (AvgIpc) is 3.06. The van der Waals surface area contributed by atoms with Crippen molar-refractivity contribution in [2.75, 3.05) is 23.8 Å². The Bertz CT molecular complexity index is 1010. The van der Waals surface area contributed by atoms with Gasteiger partial charge in [0.1, 0.15) is 24.7 Å². The normalized spacial score (nSPS) is 13.8. The van der Waals surface area contributed by atoms with E-state index in [9.17, 15) is 13.2 Å². The lowest BCUT2D eigenvalue weighted by Gasteiger charge is -2.21. The molecule has 0 saturated carbocycles. The van der Waals surface area contributed by atoms with Gasteiger partial charge in [-0.05, 0) is 26.0 Å². The molecule has 3 aromatic rings. The number of aromatic nitrogens is 2. The number of anilines is 3. The molecule has 3 N–H and O–H groups in total. The van der Waals surface area contributed by atoms with Crippen LogP contribution in [0, 0.1) is 6.07 Å². The Balaban J connectivity index is 1.79. The van der Waals surface area contributed by atoms with Crippen molar-refractivity contribution in [3.63, 3.8) is 0 Å². The zero-order valence-electron chi connectivity index (χ0n) is 15.2. The molecule has 28 heavy (non-hydrogen) atoms. The van der Waals surface area contributed by atoms with Crippen LogP contribution < -0.4 is 20.1 Å². The second-order valence-corrected chi connectivity index (χ2v) is 6.65. The first-order valence-electron chi connectivity index (χ1n) is 8.76. The number of rotatable bonds is 4. The number of pyridine rings is 1. The molecule has 0 atom stereocenters. The number of alkyl halides is 3. The SMILES string of the molecule is CC(C)Nc1cc(Nc2cc[c]c3c2OCCO3)nc2[nH]cc(C(F)(F)F)c12. The third-order valence-electron chi connectivity index (χ3n) is 4.15. The maximum atomic E-state index is 13.4. The number of fused-ring (bicyclic) bond motifs is 2. The molecule has 1 aliphatic heterocycles. The number of hydrogen-bond donors (Lipinski definition) is 3. The van der Waals surface area contributed by atoms with Gasteiger partial charge in [-0.1, -0.05) is 0 Å². The Morgan fingerprint density at radius 2 is 2.00 bits per heavy atom. The molecule has 0 saturated heterocycles. The van der Waals surface area contributed by atoms with E-state index in [1.807, 2.05) is 13.8 Å². The van der Waals surface area contributed by atoms with Crippen molar-refractivity contribution in [3.05, 3.63) is 36.0 Å². The number of nitrogens with zero attached hydrogens (tertiary/aromatic N) is 1. The molecule has 3 heterocycles. The number of H-pyrrole nitrogens is 1. The van der Waals surface area contributed by atoms with Crippen molar-refractivity contribution in [1.82, 2.24) is 9.97 Å². The first kappa shape index (κ1) is 18.3. The number of nitrogens with one attached hydrogen (secondary N) is 3. The largest absolute Gasteiger partial charge is 0.485 e. The fourth-order valence-corrected chi connectivity index (χ4v) is 3.09. The summed E-state index contributed by atoms with van der Waals surface area (Å²) in [6.45, 7) is 4.54. The van der Waals surface area contributed by atoms with E-state index in [1.54, 1.807) is 18.2 Å². The van der Waals surface area contributed by atoms with Crippen LogP contribution in [-0.2, 0) is 6.18 Å². The summed E-state index contributed by atoms with van der Waals surface area (Å²) in [7, 11) is 0. The number of benzene rings is 1. The molecule has 1 aliphatic rings. The van der Waals surface area contributed by atoms with Crippen molar-refractivity contribution in [1.29, 1.82) is 0 Å². The van der Waals surface area contributed by atoms with E-state index >= 15 is 0 Å². The molecule has 0 fully saturated rings. The van der Waals surface area contributed by atoms with Crippen LogP contribution in [0.4, 0.5) is 30.4 Å². The highest BCUT2D eigenvalue weighted by Gasteiger charge is 2.35. The van der Waals surface area contributed by atoms with Gasteiger partial charge in [0, 0.05) is 30.1 Å². The van der Waals surface area contributed by atoms with Gasteiger partial charge in [-0.3, -0.25) is 0 Å². The van der Waals surface area contributed by atoms with Gasteiger partial charge in [0.25, 0.3) is 0 Å². The number of ether oxygens (including phenoxy) is 2. The maximum absolute atomic E-state index is 13.4. The fraction of sp³-hybridized carbons (Fsp3) is 0.316. The van der Waals surface area contributed by atoms with Gasteiger partial charge in [0.2, 0.25) is 0 Å². The van der Waals surface area contributed by atoms with E-state index in [-0.39, 0.29) is 17.1 Å². The van der Waals surface area contributed by atoms with E-state index < -0.39 is 11.7 Å². The molecule has 1 radical (unpaired) electrons. The molecule has 0 amide bonds. The van der Waals surface area contributed by atoms with Gasteiger partial charge >= 0.3 is 6.18 Å². The average molecular weight is 391 g/mol. The van der Waals surface area contributed by atoms with Gasteiger partial charge in [-0.2, -0.15) is 13.2 Å². The summed E-state index contributed by atoms with van der Waals surface area (Å²) in [5.41, 5.74) is 0.310. The first-order valence-corrected chi connectivity index (χ1v) is 8.76. The van der Waals surface area contributed by atoms with Crippen LogP contribution in [0.1, 0.15) is 19.4 Å². The summed E-state index contributed by atoms with van der Waals surface area (Å²) in [4.78, 5) is 6.93. The molecule has 0 bridgehead atoms. The Morgan fingerprint density at radius 1 is 1.21 bits per heavy atom. The van der Waals surface area contributed by atoms with Crippen molar-refractivity contribution in [2.45, 2.75) is 26.1 Å². The Morgan fingerprint density at radius 3 is 2.75 bits per heavy atom. The lowest BCUT2D eigenvalue weighted by atomic mass is 10.1. The van der Waals surface area contributed by atoms with E-state index in [4.69, 9.17) is 9.47 Å². The van der Waals surface area contributed by atoms with E-state index in [0.717, 1.165) is 6.20 Å². The van der Waals surface area contributed by atoms with Crippen molar-refractivity contribution in [2.24, 2.45) is 0 Å². The van der Waals surface area contributed by atoms with Crippen LogP contribution in [0.2, 0.25) is 0 Å². The zero-order valence-corrected chi connectivity index (χ0v) is 15.2. The van der Waals surface area contributed by atoms with E-state index in [1.165, 1.54) is 0 Å². The lowest BCUT2D eigenvalue weighted by Crippen LogP contribution is -2.16. The lowest BCUT2D eigenvalue weighted by molar-refractivity contribution is -0.136. The van der Waals surface area contributed by atoms with Crippen LogP contribution in [0.3, 0.4) is 0 Å². The van der Waals surface area contributed by atoms with Gasteiger partial charge in [-0.15, -0.1) is 0 Å². The number of aromatic amines is 1. The highest BCUT2D eigenvalue weighted by atomic mass is 19.4. The summed E-state index contributed by atoms with van der Waals surface area (Å²) >= 11 is 0. The summed E-state index contributed by atoms with van der Waals surface area (Å²) in [6, 6.07) is 7.86. The molecule has 0 spiro atoms. The third kappa shape index (κ3) is 3.39. The summed E-state index contributed by atoms with van der Waals surface area (Å²) < 4.78 is 51.3. The Labute approximate surface area is 159 Å². The quantitative estimate of drug-likeness (QED) is 0.601. The monoisotopic (exact) mass is 391 g/mol. The van der Waals surface area contributed by atoms with Crippen LogP contribution in [0.5, 0.6) is 11.5 Å². The zero-order chi connectivity index (χ0) is 19.9. The summed E-state index contributed by atoms with van der Waals surface area (Å²) in [5.74, 6) is 1.35. The van der Waals surface area contributed by atoms with Gasteiger partial charge in [-0.25, -0.2) is 4.98 Å². The molecule has 4 rings (SSSR count). The predicted molar refractivity (Wildman–Crippen MR) is 99.4 cm³/mol. The Kier molecular flexibility index (Phi) is 4.44. The highest BCUT2D eigenvalue weighted by molar-refractivity contribution is 5.95. The minimum absolute atomic E-state index is 0.00903. The molecule has 0 unspecified atom stereocenters. The summed E-state index contributed by atoms with van der Waals surface area (Å²) in [5, 5.41) is 6.19. The second kappa shape index (κ2) is 6.81. The summed E-state index contributed by atoms with van der Waals surface area (Å²) in [6.07, 6.45) is -3.55. The number of hydrogen-bond acceptors (Lipinski definition) is 5. The molecule has 6 nitrogen and oxygen atoms in total. The first-order chi connectivity index (χ1) is 13.3. The van der Waals surface area contributed by atoms with Crippen molar-refractivity contribution in [3.8, 4) is 11.5 Å². The highest BCUT2D eigenvalue weighted by Crippen LogP contribution is 2.41.